The number of halogens is 2. The minimum absolute atomic E-state index is 0.0950. The number of hydrogen-bond acceptors (Lipinski definition) is 7. The van der Waals surface area contributed by atoms with Gasteiger partial charge in [-0.25, -0.2) is 0 Å². The Labute approximate surface area is 183 Å². The summed E-state index contributed by atoms with van der Waals surface area (Å²) >= 11 is 13.4. The number of nitrogens with zero attached hydrogens (tertiary/aromatic N) is 4. The zero-order chi connectivity index (χ0) is 20.6. The number of aliphatic hydroxyl groups is 1. The molecule has 2 heterocycles. The molecule has 29 heavy (non-hydrogen) atoms. The molecule has 1 aromatic carbocycles. The molecule has 0 radical (unpaired) electrons. The molecule has 154 valence electrons. The van der Waals surface area contributed by atoms with Crippen molar-refractivity contribution in [3.8, 4) is 17.1 Å². The molecule has 0 aliphatic heterocycles. The van der Waals surface area contributed by atoms with Crippen molar-refractivity contribution in [2.75, 3.05) is 26.1 Å². The standard InChI is InChI=1S/C19H20Cl2N4O3S/c1-27-9-8-25-18(13-4-6-22-7-5-13)23-24-19(25)29-12-15(26)11-28-17-3-2-14(20)10-16(17)21/h2-7,10,15,26H,8-9,11-12H2,1H3. The smallest absolute Gasteiger partial charge is 0.191 e. The molecule has 0 aliphatic carbocycles. The van der Waals surface area contributed by atoms with Crippen molar-refractivity contribution in [3.63, 3.8) is 0 Å². The van der Waals surface area contributed by atoms with Gasteiger partial charge >= 0.3 is 0 Å². The van der Waals surface area contributed by atoms with E-state index in [2.05, 4.69) is 15.2 Å². The SMILES string of the molecule is COCCn1c(SCC(O)COc2ccc(Cl)cc2Cl)nnc1-c1ccncc1. The number of rotatable bonds is 10. The van der Waals surface area contributed by atoms with E-state index < -0.39 is 6.10 Å². The third-order valence-electron chi connectivity index (χ3n) is 3.90. The lowest BCUT2D eigenvalue weighted by molar-refractivity contribution is 0.126. The number of pyridine rings is 1. The lowest BCUT2D eigenvalue weighted by atomic mass is 10.2. The molecule has 1 N–H and O–H groups in total. The number of ether oxygens (including phenoxy) is 2. The number of thioether (sulfide) groups is 1. The number of methoxy groups -OCH3 is 1. The van der Waals surface area contributed by atoms with Gasteiger partial charge in [-0.3, -0.25) is 9.55 Å². The van der Waals surface area contributed by atoms with E-state index in [9.17, 15) is 5.11 Å². The second kappa shape index (κ2) is 10.8. The van der Waals surface area contributed by atoms with Gasteiger partial charge in [-0.1, -0.05) is 35.0 Å². The second-order valence-corrected chi connectivity index (χ2v) is 7.87. The molecule has 0 saturated carbocycles. The van der Waals surface area contributed by atoms with Crippen molar-refractivity contribution in [2.24, 2.45) is 0 Å². The molecule has 0 fully saturated rings. The van der Waals surface area contributed by atoms with Crippen LogP contribution in [0.3, 0.4) is 0 Å². The van der Waals surface area contributed by atoms with Gasteiger partial charge in [0.25, 0.3) is 0 Å². The maximum Gasteiger partial charge on any atom is 0.191 e. The van der Waals surface area contributed by atoms with Crippen LogP contribution in [0.1, 0.15) is 0 Å². The maximum absolute atomic E-state index is 10.3. The number of aromatic nitrogens is 4. The summed E-state index contributed by atoms with van der Waals surface area (Å²) in [6.45, 7) is 1.21. The zero-order valence-corrected chi connectivity index (χ0v) is 18.0. The Hall–Kier alpha value is -1.84. The lowest BCUT2D eigenvalue weighted by Crippen LogP contribution is -2.20. The van der Waals surface area contributed by atoms with Crippen LogP contribution in [-0.4, -0.2) is 57.0 Å². The Morgan fingerprint density at radius 1 is 1.17 bits per heavy atom. The van der Waals surface area contributed by atoms with Gasteiger partial charge in [0, 0.05) is 35.8 Å². The van der Waals surface area contributed by atoms with Gasteiger partial charge in [0.1, 0.15) is 12.4 Å². The predicted octanol–water partition coefficient (Wildman–Crippen LogP) is 3.83. The van der Waals surface area contributed by atoms with Crippen LogP contribution in [0.4, 0.5) is 0 Å². The number of aliphatic hydroxyl groups excluding tert-OH is 1. The Morgan fingerprint density at radius 2 is 1.97 bits per heavy atom. The molecule has 2 aromatic heterocycles. The molecule has 10 heteroatoms. The molecular weight excluding hydrogens is 435 g/mol. The van der Waals surface area contributed by atoms with E-state index in [1.54, 1.807) is 37.7 Å². The summed E-state index contributed by atoms with van der Waals surface area (Å²) in [7, 11) is 1.65. The highest BCUT2D eigenvalue weighted by Crippen LogP contribution is 2.28. The van der Waals surface area contributed by atoms with Crippen molar-refractivity contribution < 1.29 is 14.6 Å². The summed E-state index contributed by atoms with van der Waals surface area (Å²) in [5, 5.41) is 20.5. The Balaban J connectivity index is 1.62. The number of hydrogen-bond donors (Lipinski definition) is 1. The van der Waals surface area contributed by atoms with Crippen LogP contribution < -0.4 is 4.74 Å². The molecular formula is C19H20Cl2N4O3S. The van der Waals surface area contributed by atoms with Crippen LogP contribution >= 0.6 is 35.0 Å². The van der Waals surface area contributed by atoms with Crippen LogP contribution in [-0.2, 0) is 11.3 Å². The van der Waals surface area contributed by atoms with E-state index in [1.165, 1.54) is 11.8 Å². The van der Waals surface area contributed by atoms with Crippen LogP contribution in [0.15, 0.2) is 47.9 Å². The van der Waals surface area contributed by atoms with E-state index in [0.717, 1.165) is 11.4 Å². The van der Waals surface area contributed by atoms with Crippen LogP contribution in [0.2, 0.25) is 10.0 Å². The van der Waals surface area contributed by atoms with E-state index in [1.807, 2.05) is 16.7 Å². The lowest BCUT2D eigenvalue weighted by Gasteiger charge is -2.14. The Kier molecular flexibility index (Phi) is 8.14. The largest absolute Gasteiger partial charge is 0.489 e. The van der Waals surface area contributed by atoms with Gasteiger partial charge in [0.15, 0.2) is 11.0 Å². The first-order chi connectivity index (χ1) is 14.1. The molecule has 0 spiro atoms. The molecule has 0 amide bonds. The molecule has 1 atom stereocenters. The van der Waals surface area contributed by atoms with Crippen molar-refractivity contribution in [2.45, 2.75) is 17.8 Å². The molecule has 0 saturated heterocycles. The highest BCUT2D eigenvalue weighted by Gasteiger charge is 2.16. The highest BCUT2D eigenvalue weighted by atomic mass is 35.5. The topological polar surface area (TPSA) is 82.3 Å². The summed E-state index contributed by atoms with van der Waals surface area (Å²) in [5.74, 6) is 1.58. The average molecular weight is 455 g/mol. The summed E-state index contributed by atoms with van der Waals surface area (Å²) in [6.07, 6.45) is 2.70. The van der Waals surface area contributed by atoms with Gasteiger partial charge in [-0.05, 0) is 30.3 Å². The van der Waals surface area contributed by atoms with Gasteiger partial charge in [0.2, 0.25) is 0 Å². The highest BCUT2D eigenvalue weighted by molar-refractivity contribution is 7.99. The summed E-state index contributed by atoms with van der Waals surface area (Å²) in [5.41, 5.74) is 0.914. The minimum atomic E-state index is -0.719. The first-order valence-corrected chi connectivity index (χ1v) is 10.5. The van der Waals surface area contributed by atoms with Gasteiger partial charge < -0.3 is 14.6 Å². The fourth-order valence-corrected chi connectivity index (χ4v) is 3.82. The van der Waals surface area contributed by atoms with E-state index in [-0.39, 0.29) is 6.61 Å². The zero-order valence-electron chi connectivity index (χ0n) is 15.7. The van der Waals surface area contributed by atoms with Crippen molar-refractivity contribution in [1.29, 1.82) is 0 Å². The Morgan fingerprint density at radius 3 is 2.69 bits per heavy atom. The normalized spacial score (nSPS) is 12.1. The number of benzene rings is 1. The molecule has 7 nitrogen and oxygen atoms in total. The van der Waals surface area contributed by atoms with Gasteiger partial charge in [-0.15, -0.1) is 10.2 Å². The summed E-state index contributed by atoms with van der Waals surface area (Å²) in [6, 6.07) is 8.70. The molecule has 1 unspecified atom stereocenters. The third-order valence-corrected chi connectivity index (χ3v) is 5.55. The van der Waals surface area contributed by atoms with E-state index >= 15 is 0 Å². The van der Waals surface area contributed by atoms with E-state index in [0.29, 0.717) is 39.9 Å². The third kappa shape index (κ3) is 6.07. The van der Waals surface area contributed by atoms with Crippen LogP contribution in [0.5, 0.6) is 5.75 Å². The first-order valence-electron chi connectivity index (χ1n) is 8.79. The maximum atomic E-state index is 10.3. The Bertz CT molecular complexity index is 927. The molecule has 3 rings (SSSR count). The van der Waals surface area contributed by atoms with Crippen molar-refractivity contribution in [3.05, 3.63) is 52.8 Å². The quantitative estimate of drug-likeness (QED) is 0.466. The van der Waals surface area contributed by atoms with Crippen molar-refractivity contribution >= 4 is 35.0 Å². The molecule has 0 bridgehead atoms. The molecule has 0 aliphatic rings. The van der Waals surface area contributed by atoms with Crippen LogP contribution in [0.25, 0.3) is 11.4 Å². The van der Waals surface area contributed by atoms with Gasteiger partial charge in [-0.2, -0.15) is 0 Å². The van der Waals surface area contributed by atoms with E-state index in [4.69, 9.17) is 32.7 Å². The second-order valence-electron chi connectivity index (χ2n) is 6.04. The predicted molar refractivity (Wildman–Crippen MR) is 114 cm³/mol. The molecule has 3 aromatic rings. The fraction of sp³-hybridized carbons (Fsp3) is 0.316. The minimum Gasteiger partial charge on any atom is -0.489 e. The fourth-order valence-electron chi connectivity index (χ4n) is 2.49. The summed E-state index contributed by atoms with van der Waals surface area (Å²) < 4.78 is 12.8. The average Bonchev–Trinajstić information content (AvgIpc) is 3.13. The van der Waals surface area contributed by atoms with Crippen molar-refractivity contribution in [1.82, 2.24) is 19.7 Å². The van der Waals surface area contributed by atoms with Crippen LogP contribution in [0, 0.1) is 0 Å². The monoisotopic (exact) mass is 454 g/mol. The first kappa shape index (κ1) is 21.9. The van der Waals surface area contributed by atoms with Gasteiger partial charge in [0.05, 0.1) is 24.3 Å². The summed E-state index contributed by atoms with van der Waals surface area (Å²) in [4.78, 5) is 4.03.